The number of rotatable bonds is 3. The van der Waals surface area contributed by atoms with Crippen molar-refractivity contribution in [2.75, 3.05) is 0 Å². The lowest BCUT2D eigenvalue weighted by Crippen LogP contribution is -2.29. The second-order valence-electron chi connectivity index (χ2n) is 4.07. The van der Waals surface area contributed by atoms with E-state index in [1.807, 2.05) is 24.4 Å². The second kappa shape index (κ2) is 4.96. The Balaban J connectivity index is 2.45. The van der Waals surface area contributed by atoms with Gasteiger partial charge in [-0.3, -0.25) is 5.84 Å². The van der Waals surface area contributed by atoms with Crippen LogP contribution >= 0.6 is 11.3 Å². The number of nitrogens with one attached hydrogen (secondary N) is 1. The molecule has 0 aliphatic heterocycles. The van der Waals surface area contributed by atoms with Gasteiger partial charge in [-0.05, 0) is 36.4 Å². The Kier molecular flexibility index (Phi) is 3.57. The topological polar surface area (TPSA) is 38.0 Å². The molecule has 0 saturated carbocycles. The van der Waals surface area contributed by atoms with Gasteiger partial charge in [-0.15, -0.1) is 11.3 Å². The van der Waals surface area contributed by atoms with Gasteiger partial charge in [-0.25, -0.2) is 9.82 Å². The fourth-order valence-electron chi connectivity index (χ4n) is 1.87. The van der Waals surface area contributed by atoms with Crippen LogP contribution in [0.25, 0.3) is 0 Å². The molecule has 2 rings (SSSR count). The largest absolute Gasteiger partial charge is 0.271 e. The molecule has 1 heterocycles. The van der Waals surface area contributed by atoms with Crippen LogP contribution < -0.4 is 11.3 Å². The average molecular weight is 250 g/mol. The molecule has 2 aromatic rings. The normalized spacial score (nSPS) is 12.7. The molecule has 17 heavy (non-hydrogen) atoms. The van der Waals surface area contributed by atoms with Gasteiger partial charge < -0.3 is 0 Å². The molecule has 2 nitrogen and oxygen atoms in total. The van der Waals surface area contributed by atoms with E-state index in [1.54, 1.807) is 30.4 Å². The molecular weight excluding hydrogens is 235 g/mol. The molecule has 0 aliphatic rings. The highest BCUT2D eigenvalue weighted by Crippen LogP contribution is 2.28. The average Bonchev–Trinajstić information content (AvgIpc) is 2.72. The molecule has 0 aliphatic carbocycles. The monoisotopic (exact) mass is 250 g/mol. The quantitative estimate of drug-likeness (QED) is 0.649. The Labute approximate surface area is 104 Å². The van der Waals surface area contributed by atoms with Crippen molar-refractivity contribution in [2.45, 2.75) is 19.9 Å². The number of nitrogens with two attached hydrogens (primary N) is 1. The summed E-state index contributed by atoms with van der Waals surface area (Å²) in [6.45, 7) is 3.78. The Morgan fingerprint density at radius 1 is 1.35 bits per heavy atom. The zero-order valence-corrected chi connectivity index (χ0v) is 10.6. The number of benzene rings is 1. The Bertz CT molecular complexity index is 522. The summed E-state index contributed by atoms with van der Waals surface area (Å²) < 4.78 is 14.0. The van der Waals surface area contributed by atoms with Crippen molar-refractivity contribution in [1.29, 1.82) is 0 Å². The summed E-state index contributed by atoms with van der Waals surface area (Å²) in [4.78, 5) is 1.19. The number of hydrazine groups is 1. The standard InChI is InChI=1S/C13H15FN2S/c1-8-4-3-5-11(12(8)14)13(16-15)10-6-9(2)17-7-10/h3-7,13,16H,15H2,1-2H3. The van der Waals surface area contributed by atoms with Crippen LogP contribution in [0.15, 0.2) is 29.6 Å². The Morgan fingerprint density at radius 3 is 2.71 bits per heavy atom. The molecule has 90 valence electrons. The maximum atomic E-state index is 14.0. The van der Waals surface area contributed by atoms with Crippen molar-refractivity contribution in [2.24, 2.45) is 5.84 Å². The summed E-state index contributed by atoms with van der Waals surface area (Å²) >= 11 is 1.63. The summed E-state index contributed by atoms with van der Waals surface area (Å²) in [5.74, 6) is 5.36. The minimum Gasteiger partial charge on any atom is -0.271 e. The summed E-state index contributed by atoms with van der Waals surface area (Å²) in [6.07, 6.45) is 0. The van der Waals surface area contributed by atoms with E-state index in [0.29, 0.717) is 11.1 Å². The zero-order chi connectivity index (χ0) is 12.4. The molecule has 1 aromatic heterocycles. The molecule has 0 bridgehead atoms. The van der Waals surface area contributed by atoms with Gasteiger partial charge in [-0.1, -0.05) is 18.2 Å². The molecule has 0 saturated heterocycles. The van der Waals surface area contributed by atoms with Gasteiger partial charge in [0.25, 0.3) is 0 Å². The van der Waals surface area contributed by atoms with E-state index in [2.05, 4.69) is 5.43 Å². The fourth-order valence-corrected chi connectivity index (χ4v) is 2.60. The van der Waals surface area contributed by atoms with Crippen LogP contribution in [0.5, 0.6) is 0 Å². The second-order valence-corrected chi connectivity index (χ2v) is 5.18. The molecule has 0 spiro atoms. The van der Waals surface area contributed by atoms with E-state index in [1.165, 1.54) is 4.88 Å². The number of hydrogen-bond donors (Lipinski definition) is 2. The van der Waals surface area contributed by atoms with Gasteiger partial charge in [0.15, 0.2) is 0 Å². The molecule has 1 aromatic carbocycles. The van der Waals surface area contributed by atoms with Crippen molar-refractivity contribution in [1.82, 2.24) is 5.43 Å². The van der Waals surface area contributed by atoms with Crippen molar-refractivity contribution < 1.29 is 4.39 Å². The Hall–Kier alpha value is -1.23. The molecular formula is C13H15FN2S. The number of thiophene rings is 1. The van der Waals surface area contributed by atoms with Crippen molar-refractivity contribution in [3.8, 4) is 0 Å². The van der Waals surface area contributed by atoms with Crippen LogP contribution in [0.2, 0.25) is 0 Å². The highest BCUT2D eigenvalue weighted by molar-refractivity contribution is 7.10. The van der Waals surface area contributed by atoms with Gasteiger partial charge in [0.1, 0.15) is 5.82 Å². The highest BCUT2D eigenvalue weighted by Gasteiger charge is 2.18. The molecule has 0 amide bonds. The Morgan fingerprint density at radius 2 is 2.12 bits per heavy atom. The number of aryl methyl sites for hydroxylation is 2. The van der Waals surface area contributed by atoms with E-state index in [4.69, 9.17) is 5.84 Å². The summed E-state index contributed by atoms with van der Waals surface area (Å²) in [7, 11) is 0. The van der Waals surface area contributed by atoms with Gasteiger partial charge in [0, 0.05) is 10.4 Å². The molecule has 1 atom stereocenters. The first-order valence-electron chi connectivity index (χ1n) is 5.39. The van der Waals surface area contributed by atoms with E-state index in [0.717, 1.165) is 5.56 Å². The lowest BCUT2D eigenvalue weighted by molar-refractivity contribution is 0.555. The summed E-state index contributed by atoms with van der Waals surface area (Å²) in [5.41, 5.74) is 4.90. The third-order valence-electron chi connectivity index (χ3n) is 2.78. The first-order valence-corrected chi connectivity index (χ1v) is 6.27. The first-order chi connectivity index (χ1) is 8.13. The molecule has 1 unspecified atom stereocenters. The third-order valence-corrected chi connectivity index (χ3v) is 3.66. The van der Waals surface area contributed by atoms with Crippen molar-refractivity contribution in [3.05, 3.63) is 57.0 Å². The van der Waals surface area contributed by atoms with Gasteiger partial charge in [-0.2, -0.15) is 0 Å². The molecule has 3 N–H and O–H groups in total. The maximum absolute atomic E-state index is 14.0. The van der Waals surface area contributed by atoms with Crippen LogP contribution in [0, 0.1) is 19.7 Å². The number of halogens is 1. The van der Waals surface area contributed by atoms with Gasteiger partial charge in [0.05, 0.1) is 6.04 Å². The lowest BCUT2D eigenvalue weighted by Gasteiger charge is -2.16. The van der Waals surface area contributed by atoms with Crippen molar-refractivity contribution >= 4 is 11.3 Å². The van der Waals surface area contributed by atoms with Crippen LogP contribution in [0.3, 0.4) is 0 Å². The first kappa shape index (κ1) is 12.2. The van der Waals surface area contributed by atoms with Crippen LogP contribution in [0.1, 0.15) is 27.6 Å². The van der Waals surface area contributed by atoms with Crippen LogP contribution in [-0.2, 0) is 0 Å². The van der Waals surface area contributed by atoms with E-state index < -0.39 is 0 Å². The summed E-state index contributed by atoms with van der Waals surface area (Å²) in [6, 6.07) is 7.10. The summed E-state index contributed by atoms with van der Waals surface area (Å²) in [5, 5.41) is 2.00. The van der Waals surface area contributed by atoms with E-state index in [-0.39, 0.29) is 11.9 Å². The SMILES string of the molecule is Cc1cc(C(NN)c2cccc(C)c2F)cs1. The minimum atomic E-state index is -0.292. The lowest BCUT2D eigenvalue weighted by atomic mass is 9.99. The van der Waals surface area contributed by atoms with Crippen LogP contribution in [-0.4, -0.2) is 0 Å². The van der Waals surface area contributed by atoms with Gasteiger partial charge >= 0.3 is 0 Å². The van der Waals surface area contributed by atoms with E-state index in [9.17, 15) is 4.39 Å². The molecule has 0 fully saturated rings. The minimum absolute atomic E-state index is 0.195. The van der Waals surface area contributed by atoms with Gasteiger partial charge in [0.2, 0.25) is 0 Å². The van der Waals surface area contributed by atoms with Crippen molar-refractivity contribution in [3.63, 3.8) is 0 Å². The smallest absolute Gasteiger partial charge is 0.131 e. The third kappa shape index (κ3) is 2.39. The van der Waals surface area contributed by atoms with E-state index >= 15 is 0 Å². The number of hydrogen-bond acceptors (Lipinski definition) is 3. The maximum Gasteiger partial charge on any atom is 0.131 e. The predicted octanol–water partition coefficient (Wildman–Crippen LogP) is 3.06. The highest BCUT2D eigenvalue weighted by atomic mass is 32.1. The predicted molar refractivity (Wildman–Crippen MR) is 69.4 cm³/mol. The molecule has 0 radical (unpaired) electrons. The zero-order valence-electron chi connectivity index (χ0n) is 9.83. The van der Waals surface area contributed by atoms with Crippen LogP contribution in [0.4, 0.5) is 4.39 Å². The molecule has 4 heteroatoms. The fraction of sp³-hybridized carbons (Fsp3) is 0.231.